The van der Waals surface area contributed by atoms with Crippen molar-refractivity contribution in [3.05, 3.63) is 29.3 Å². The van der Waals surface area contributed by atoms with Gasteiger partial charge in [-0.3, -0.25) is 4.79 Å². The number of anilines is 1. The summed E-state index contributed by atoms with van der Waals surface area (Å²) in [6.45, 7) is 11.8. The molecule has 0 bridgehead atoms. The van der Waals surface area contributed by atoms with E-state index in [1.807, 2.05) is 4.90 Å². The van der Waals surface area contributed by atoms with Crippen molar-refractivity contribution >= 4 is 36.4 Å². The Morgan fingerprint density at radius 1 is 1.12 bits per heavy atom. The van der Waals surface area contributed by atoms with E-state index >= 15 is 0 Å². The highest BCUT2D eigenvalue weighted by Crippen LogP contribution is 2.24. The Hall–Kier alpha value is -0.970. The van der Waals surface area contributed by atoms with E-state index in [1.165, 1.54) is 16.8 Å². The Morgan fingerprint density at radius 2 is 1.71 bits per heavy atom. The molecule has 1 atom stereocenters. The highest BCUT2D eigenvalue weighted by Gasteiger charge is 2.26. The second-order valence-corrected chi connectivity index (χ2v) is 6.77. The smallest absolute Gasteiger partial charge is 0.239 e. The van der Waals surface area contributed by atoms with Gasteiger partial charge in [0.15, 0.2) is 0 Å². The van der Waals surface area contributed by atoms with Crippen molar-refractivity contribution in [3.63, 3.8) is 0 Å². The van der Waals surface area contributed by atoms with Gasteiger partial charge in [-0.1, -0.05) is 26.0 Å². The number of hydrogen-bond donors (Lipinski definition) is 1. The van der Waals surface area contributed by atoms with Crippen LogP contribution in [0.2, 0.25) is 0 Å². The van der Waals surface area contributed by atoms with E-state index in [-0.39, 0.29) is 36.8 Å². The molecule has 0 saturated carbocycles. The van der Waals surface area contributed by atoms with E-state index in [4.69, 9.17) is 5.73 Å². The first-order valence-corrected chi connectivity index (χ1v) is 8.25. The minimum Gasteiger partial charge on any atom is -0.368 e. The number of amides is 1. The minimum atomic E-state index is -0.354. The quantitative estimate of drug-likeness (QED) is 0.878. The molecule has 6 heteroatoms. The topological polar surface area (TPSA) is 49.6 Å². The predicted molar refractivity (Wildman–Crippen MR) is 107 cm³/mol. The third kappa shape index (κ3) is 5.54. The lowest BCUT2D eigenvalue weighted by Crippen LogP contribution is -2.53. The van der Waals surface area contributed by atoms with Crippen molar-refractivity contribution in [1.82, 2.24) is 4.90 Å². The van der Waals surface area contributed by atoms with Crippen LogP contribution in [-0.4, -0.2) is 43.0 Å². The summed E-state index contributed by atoms with van der Waals surface area (Å²) in [6.07, 6.45) is 0.760. The normalized spacial score (nSPS) is 15.6. The molecule has 0 unspecified atom stereocenters. The largest absolute Gasteiger partial charge is 0.368 e. The fourth-order valence-electron chi connectivity index (χ4n) is 3.09. The lowest BCUT2D eigenvalue weighted by Gasteiger charge is -2.38. The van der Waals surface area contributed by atoms with Crippen LogP contribution >= 0.6 is 24.8 Å². The molecule has 1 fully saturated rings. The van der Waals surface area contributed by atoms with Crippen molar-refractivity contribution in [2.75, 3.05) is 31.1 Å². The zero-order chi connectivity index (χ0) is 16.3. The van der Waals surface area contributed by atoms with Gasteiger partial charge in [0.05, 0.1) is 6.04 Å². The lowest BCUT2D eigenvalue weighted by molar-refractivity contribution is -0.133. The molecule has 0 radical (unpaired) electrons. The van der Waals surface area contributed by atoms with Gasteiger partial charge >= 0.3 is 0 Å². The SMILES string of the molecule is Cc1cccc(N2CCN(C(=O)[C@@H](N)CC(C)C)CC2)c1C.Cl.Cl. The second kappa shape index (κ2) is 10.1. The van der Waals surface area contributed by atoms with E-state index < -0.39 is 0 Å². The molecule has 138 valence electrons. The van der Waals surface area contributed by atoms with E-state index in [2.05, 4.69) is 50.8 Å². The summed E-state index contributed by atoms with van der Waals surface area (Å²) in [4.78, 5) is 16.7. The number of hydrogen-bond acceptors (Lipinski definition) is 3. The van der Waals surface area contributed by atoms with Gasteiger partial charge in [0, 0.05) is 31.9 Å². The Labute approximate surface area is 158 Å². The van der Waals surface area contributed by atoms with Gasteiger partial charge in [-0.05, 0) is 43.4 Å². The summed E-state index contributed by atoms with van der Waals surface area (Å²) in [5.41, 5.74) is 9.97. The maximum Gasteiger partial charge on any atom is 0.239 e. The first-order chi connectivity index (χ1) is 10.4. The van der Waals surface area contributed by atoms with E-state index in [1.54, 1.807) is 0 Å². The van der Waals surface area contributed by atoms with Gasteiger partial charge < -0.3 is 15.5 Å². The molecule has 1 aromatic carbocycles. The molecule has 2 rings (SSSR count). The molecule has 2 N–H and O–H groups in total. The molecule has 1 aliphatic heterocycles. The first-order valence-electron chi connectivity index (χ1n) is 8.25. The summed E-state index contributed by atoms with van der Waals surface area (Å²) < 4.78 is 0. The Balaban J connectivity index is 0.00000264. The molecule has 1 aliphatic rings. The number of piperazine rings is 1. The highest BCUT2D eigenvalue weighted by molar-refractivity contribution is 5.85. The van der Waals surface area contributed by atoms with Crippen LogP contribution in [0.5, 0.6) is 0 Å². The first kappa shape index (κ1) is 23.0. The fourth-order valence-corrected chi connectivity index (χ4v) is 3.09. The molecule has 0 aliphatic carbocycles. The number of rotatable bonds is 4. The predicted octanol–water partition coefficient (Wildman–Crippen LogP) is 3.17. The van der Waals surface area contributed by atoms with Gasteiger partial charge in [0.25, 0.3) is 0 Å². The van der Waals surface area contributed by atoms with Crippen LogP contribution in [0.4, 0.5) is 5.69 Å². The molecule has 24 heavy (non-hydrogen) atoms. The number of benzene rings is 1. The molecule has 1 aromatic rings. The molecular weight excluding hydrogens is 345 g/mol. The average molecular weight is 376 g/mol. The maximum absolute atomic E-state index is 12.4. The van der Waals surface area contributed by atoms with E-state index in [0.717, 1.165) is 32.6 Å². The zero-order valence-electron chi connectivity index (χ0n) is 15.1. The average Bonchev–Trinajstić information content (AvgIpc) is 2.49. The Bertz CT molecular complexity index is 529. The number of carbonyl (C=O) groups excluding carboxylic acids is 1. The number of halogens is 2. The van der Waals surface area contributed by atoms with Gasteiger partial charge in [-0.15, -0.1) is 24.8 Å². The van der Waals surface area contributed by atoms with E-state index in [9.17, 15) is 4.79 Å². The third-order valence-electron chi connectivity index (χ3n) is 4.55. The zero-order valence-corrected chi connectivity index (χ0v) is 16.8. The van der Waals surface area contributed by atoms with Gasteiger partial charge in [0.2, 0.25) is 5.91 Å². The monoisotopic (exact) mass is 375 g/mol. The van der Waals surface area contributed by atoms with Crippen molar-refractivity contribution in [2.45, 2.75) is 40.2 Å². The summed E-state index contributed by atoms with van der Waals surface area (Å²) in [6, 6.07) is 6.06. The number of aryl methyl sites for hydroxylation is 1. The Kier molecular flexibility index (Phi) is 9.71. The van der Waals surface area contributed by atoms with Crippen LogP contribution in [0.25, 0.3) is 0 Å². The molecule has 0 aromatic heterocycles. The summed E-state index contributed by atoms with van der Waals surface area (Å²) in [5, 5.41) is 0. The maximum atomic E-state index is 12.4. The molecular formula is C18H31Cl2N3O. The van der Waals surface area contributed by atoms with Crippen molar-refractivity contribution in [1.29, 1.82) is 0 Å². The van der Waals surface area contributed by atoms with Crippen molar-refractivity contribution < 1.29 is 4.79 Å². The summed E-state index contributed by atoms with van der Waals surface area (Å²) in [7, 11) is 0. The molecule has 1 saturated heterocycles. The molecule has 4 nitrogen and oxygen atoms in total. The lowest BCUT2D eigenvalue weighted by atomic mass is 10.0. The van der Waals surface area contributed by atoms with Gasteiger partial charge in [-0.25, -0.2) is 0 Å². The van der Waals surface area contributed by atoms with Gasteiger partial charge in [0.1, 0.15) is 0 Å². The van der Waals surface area contributed by atoms with Crippen LogP contribution in [0.15, 0.2) is 18.2 Å². The summed E-state index contributed by atoms with van der Waals surface area (Å²) >= 11 is 0. The number of nitrogens with zero attached hydrogens (tertiary/aromatic N) is 2. The number of nitrogens with two attached hydrogens (primary N) is 1. The number of carbonyl (C=O) groups is 1. The molecule has 0 spiro atoms. The highest BCUT2D eigenvalue weighted by atomic mass is 35.5. The standard InChI is InChI=1S/C18H29N3O.2ClH/c1-13(2)12-16(19)18(22)21-10-8-20(9-11-21)17-7-5-6-14(3)15(17)4;;/h5-7,13,16H,8-12,19H2,1-4H3;2*1H/t16-;;/m0../s1. The minimum absolute atomic E-state index is 0. The van der Waals surface area contributed by atoms with Crippen LogP contribution in [0, 0.1) is 19.8 Å². The van der Waals surface area contributed by atoms with Gasteiger partial charge in [-0.2, -0.15) is 0 Å². The van der Waals surface area contributed by atoms with Crippen LogP contribution in [0.1, 0.15) is 31.4 Å². The van der Waals surface area contributed by atoms with Crippen molar-refractivity contribution in [2.24, 2.45) is 11.7 Å². The summed E-state index contributed by atoms with van der Waals surface area (Å²) in [5.74, 6) is 0.560. The Morgan fingerprint density at radius 3 is 2.25 bits per heavy atom. The van der Waals surface area contributed by atoms with Crippen LogP contribution in [-0.2, 0) is 4.79 Å². The van der Waals surface area contributed by atoms with Crippen LogP contribution < -0.4 is 10.6 Å². The van der Waals surface area contributed by atoms with Crippen LogP contribution in [0.3, 0.4) is 0 Å². The van der Waals surface area contributed by atoms with Crippen molar-refractivity contribution in [3.8, 4) is 0 Å². The molecule has 1 heterocycles. The van der Waals surface area contributed by atoms with E-state index in [0.29, 0.717) is 5.92 Å². The third-order valence-corrected chi connectivity index (χ3v) is 4.55. The fraction of sp³-hybridized carbons (Fsp3) is 0.611. The molecule has 1 amide bonds. The second-order valence-electron chi connectivity index (χ2n) is 6.77.